The maximum Gasteiger partial charge on any atom is 0.159 e. The van der Waals surface area contributed by atoms with E-state index in [1.807, 2.05) is 0 Å². The van der Waals surface area contributed by atoms with Crippen molar-refractivity contribution in [1.29, 1.82) is 0 Å². The predicted molar refractivity (Wildman–Crippen MR) is 187 cm³/mol. The fourth-order valence-electron chi connectivity index (χ4n) is 7.31. The van der Waals surface area contributed by atoms with Gasteiger partial charge < -0.3 is 19.4 Å². The summed E-state index contributed by atoms with van der Waals surface area (Å²) in [6.07, 6.45) is 3.31. The molecule has 48 heavy (non-hydrogen) atoms. The molecule has 1 N–H and O–H groups in total. The number of likely N-dealkylation sites (N-methyl/N-ethyl adjacent to an activating group) is 1. The van der Waals surface area contributed by atoms with Gasteiger partial charge in [-0.25, -0.2) is 17.6 Å². The van der Waals surface area contributed by atoms with E-state index in [0.29, 0.717) is 12.8 Å². The van der Waals surface area contributed by atoms with Crippen LogP contribution in [-0.4, -0.2) is 34.2 Å². The standard InChI is InChI=1S/C20H20F2N2.C19H18F2N2.ClH/c1-23-8-7-20-16(12-23)15-10-13(4-6-19(15)24(20)2)9-14-3-5-17(21)18(22)11-14;1-23-18-5-3-12(8-13-2-4-16(20)17(21)10-13)9-14(18)15-11-22-7-6-19(15)23;/h3-6,10-11H,7-9,12H2,1-2H3;2-5,9-10,22H,6-8,11H2,1H3;1H. The highest BCUT2D eigenvalue weighted by Crippen LogP contribution is 2.32. The van der Waals surface area contributed by atoms with E-state index < -0.39 is 23.3 Å². The van der Waals surface area contributed by atoms with Gasteiger partial charge in [0.25, 0.3) is 0 Å². The normalized spacial score (nSPS) is 14.3. The van der Waals surface area contributed by atoms with Crippen molar-refractivity contribution < 1.29 is 17.6 Å². The average Bonchev–Trinajstić information content (AvgIpc) is 3.50. The Bertz CT molecular complexity index is 2130. The number of benzene rings is 4. The first-order valence-corrected chi connectivity index (χ1v) is 16.1. The number of hydrogen-bond acceptors (Lipinski definition) is 2. The van der Waals surface area contributed by atoms with Gasteiger partial charge in [-0.2, -0.15) is 0 Å². The molecule has 9 heteroatoms. The van der Waals surface area contributed by atoms with Crippen LogP contribution in [0, 0.1) is 23.3 Å². The van der Waals surface area contributed by atoms with Gasteiger partial charge in [0.15, 0.2) is 23.3 Å². The Kier molecular flexibility index (Phi) is 9.70. The van der Waals surface area contributed by atoms with Crippen molar-refractivity contribution in [2.45, 2.75) is 38.8 Å². The molecule has 2 aliphatic heterocycles. The molecule has 250 valence electrons. The molecule has 0 saturated heterocycles. The van der Waals surface area contributed by atoms with Crippen molar-refractivity contribution >= 4 is 34.2 Å². The fourth-order valence-corrected chi connectivity index (χ4v) is 7.31. The topological polar surface area (TPSA) is 25.1 Å². The zero-order valence-corrected chi connectivity index (χ0v) is 28.2. The molecule has 0 atom stereocenters. The summed E-state index contributed by atoms with van der Waals surface area (Å²) >= 11 is 0. The second-order valence-electron chi connectivity index (χ2n) is 12.9. The molecule has 0 saturated carbocycles. The van der Waals surface area contributed by atoms with Gasteiger partial charge in [-0.1, -0.05) is 24.3 Å². The number of halogens is 5. The minimum Gasteiger partial charge on any atom is -0.347 e. The van der Waals surface area contributed by atoms with E-state index in [9.17, 15) is 17.6 Å². The lowest BCUT2D eigenvalue weighted by molar-refractivity contribution is 0.310. The summed E-state index contributed by atoms with van der Waals surface area (Å²) in [5.74, 6) is -3.17. The van der Waals surface area contributed by atoms with Crippen molar-refractivity contribution in [2.75, 3.05) is 20.1 Å². The third-order valence-electron chi connectivity index (χ3n) is 9.78. The van der Waals surface area contributed by atoms with Crippen LogP contribution in [0.3, 0.4) is 0 Å². The second kappa shape index (κ2) is 13.8. The van der Waals surface area contributed by atoms with Crippen LogP contribution in [0.25, 0.3) is 21.8 Å². The number of fused-ring (bicyclic) bond motifs is 6. The van der Waals surface area contributed by atoms with Gasteiger partial charge in [-0.15, -0.1) is 12.4 Å². The van der Waals surface area contributed by atoms with Crippen molar-refractivity contribution in [2.24, 2.45) is 14.1 Å². The van der Waals surface area contributed by atoms with E-state index in [2.05, 4.69) is 76.9 Å². The summed E-state index contributed by atoms with van der Waals surface area (Å²) in [6, 6.07) is 21.1. The lowest BCUT2D eigenvalue weighted by Gasteiger charge is -2.23. The van der Waals surface area contributed by atoms with Crippen LogP contribution in [0.2, 0.25) is 0 Å². The van der Waals surface area contributed by atoms with Crippen molar-refractivity contribution in [3.05, 3.63) is 141 Å². The number of hydrogen-bond donors (Lipinski definition) is 1. The molecular weight excluding hydrogens is 636 g/mol. The van der Waals surface area contributed by atoms with Gasteiger partial charge in [-0.3, -0.25) is 0 Å². The smallest absolute Gasteiger partial charge is 0.159 e. The average molecular weight is 675 g/mol. The maximum atomic E-state index is 13.4. The van der Waals surface area contributed by atoms with Crippen LogP contribution in [0.4, 0.5) is 17.6 Å². The number of aromatic nitrogens is 2. The van der Waals surface area contributed by atoms with Crippen molar-refractivity contribution in [3.8, 4) is 0 Å². The highest BCUT2D eigenvalue weighted by Gasteiger charge is 2.21. The van der Waals surface area contributed by atoms with Gasteiger partial charge in [0, 0.05) is 86.3 Å². The molecular formula is C39H39ClF4N4. The number of nitrogens with zero attached hydrogens (tertiary/aromatic N) is 3. The van der Waals surface area contributed by atoms with E-state index in [-0.39, 0.29) is 12.4 Å². The molecule has 4 heterocycles. The quantitative estimate of drug-likeness (QED) is 0.191. The van der Waals surface area contributed by atoms with Crippen molar-refractivity contribution in [1.82, 2.24) is 19.4 Å². The van der Waals surface area contributed by atoms with E-state index >= 15 is 0 Å². The molecule has 4 aromatic carbocycles. The molecule has 0 radical (unpaired) electrons. The monoisotopic (exact) mass is 674 g/mol. The molecule has 2 aromatic heterocycles. The lowest BCUT2D eigenvalue weighted by atomic mass is 10.00. The Morgan fingerprint density at radius 2 is 1.06 bits per heavy atom. The lowest BCUT2D eigenvalue weighted by Crippen LogP contribution is -2.26. The molecule has 0 spiro atoms. The summed E-state index contributed by atoms with van der Waals surface area (Å²) in [5.41, 5.74) is 11.8. The van der Waals surface area contributed by atoms with Crippen LogP contribution >= 0.6 is 12.4 Å². The molecule has 0 bridgehead atoms. The van der Waals surface area contributed by atoms with E-state index in [4.69, 9.17) is 0 Å². The summed E-state index contributed by atoms with van der Waals surface area (Å²) in [7, 11) is 6.38. The van der Waals surface area contributed by atoms with Gasteiger partial charge in [0.1, 0.15) is 0 Å². The van der Waals surface area contributed by atoms with E-state index in [1.54, 1.807) is 12.1 Å². The molecule has 4 nitrogen and oxygen atoms in total. The van der Waals surface area contributed by atoms with Crippen LogP contribution in [0.15, 0.2) is 72.8 Å². The number of nitrogens with one attached hydrogen (secondary N) is 1. The highest BCUT2D eigenvalue weighted by molar-refractivity contribution is 5.87. The van der Waals surface area contributed by atoms with Crippen LogP contribution < -0.4 is 5.32 Å². The van der Waals surface area contributed by atoms with Gasteiger partial charge in [0.05, 0.1) is 0 Å². The Balaban J connectivity index is 0.000000164. The third-order valence-corrected chi connectivity index (χ3v) is 9.78. The van der Waals surface area contributed by atoms with Gasteiger partial charge in [-0.05, 0) is 102 Å². The number of rotatable bonds is 4. The Labute approximate surface area is 284 Å². The Hall–Kier alpha value is -4.11. The molecule has 0 fully saturated rings. The van der Waals surface area contributed by atoms with Crippen molar-refractivity contribution in [3.63, 3.8) is 0 Å². The third kappa shape index (κ3) is 6.49. The van der Waals surface area contributed by atoms with Gasteiger partial charge in [0.2, 0.25) is 0 Å². The summed E-state index contributed by atoms with van der Waals surface area (Å²) in [6.45, 7) is 3.94. The minimum absolute atomic E-state index is 0. The van der Waals surface area contributed by atoms with Gasteiger partial charge >= 0.3 is 0 Å². The zero-order valence-electron chi connectivity index (χ0n) is 27.3. The fraction of sp³-hybridized carbons (Fsp3) is 0.282. The highest BCUT2D eigenvalue weighted by atomic mass is 35.5. The molecule has 6 aromatic rings. The Morgan fingerprint density at radius 3 is 1.60 bits per heavy atom. The summed E-state index contributed by atoms with van der Waals surface area (Å²) in [4.78, 5) is 2.34. The molecule has 0 aliphatic carbocycles. The Morgan fingerprint density at radius 1 is 0.583 bits per heavy atom. The second-order valence-corrected chi connectivity index (χ2v) is 12.9. The SMILES string of the molecule is CN1CCc2c(c3cc(Cc4ccc(F)c(F)c4)ccc3n2C)C1.Cl.Cn1c2c(c3cc(Cc4ccc(F)c(F)c4)ccc31)CNCC2. The van der Waals surface area contributed by atoms with E-state index in [1.165, 1.54) is 68.6 Å². The summed E-state index contributed by atoms with van der Waals surface area (Å²) in [5, 5.41) is 5.96. The van der Waals surface area contributed by atoms with E-state index in [0.717, 1.165) is 61.3 Å². The predicted octanol–water partition coefficient (Wildman–Crippen LogP) is 8.15. The summed E-state index contributed by atoms with van der Waals surface area (Å²) < 4.78 is 57.5. The maximum absolute atomic E-state index is 13.4. The van der Waals surface area contributed by atoms with Crippen LogP contribution in [0.1, 0.15) is 44.8 Å². The van der Waals surface area contributed by atoms with Crippen LogP contribution in [0.5, 0.6) is 0 Å². The molecule has 2 aliphatic rings. The minimum atomic E-state index is -0.799. The molecule has 8 rings (SSSR count). The number of aryl methyl sites for hydroxylation is 2. The molecule has 0 amide bonds. The largest absolute Gasteiger partial charge is 0.347 e. The zero-order chi connectivity index (χ0) is 32.8. The first-order valence-electron chi connectivity index (χ1n) is 16.1. The first-order chi connectivity index (χ1) is 22.7. The van der Waals surface area contributed by atoms with Crippen LogP contribution in [-0.2, 0) is 52.9 Å². The first kappa shape index (κ1) is 33.8. The molecule has 0 unspecified atom stereocenters.